The van der Waals surface area contributed by atoms with Crippen molar-refractivity contribution in [1.82, 2.24) is 4.78 Å². The van der Waals surface area contributed by atoms with E-state index in [4.69, 9.17) is 58.7 Å². The van der Waals surface area contributed by atoms with Crippen LogP contribution in [0.15, 0.2) is 175 Å². The topological polar surface area (TPSA) is 168 Å². The van der Waals surface area contributed by atoms with Crippen LogP contribution in [0.25, 0.3) is 11.1 Å². The highest BCUT2D eigenvalue weighted by atomic mass is 32.5. The Morgan fingerprint density at radius 2 is 0.958 bits per heavy atom. The molecule has 16 nitrogen and oxygen atoms in total. The first-order chi connectivity index (χ1) is 46.7. The number of nitro benzene ring substituents is 1. The van der Waals surface area contributed by atoms with Crippen molar-refractivity contribution in [3.05, 3.63) is 224 Å². The lowest BCUT2D eigenvalue weighted by atomic mass is 9.70. The Balaban J connectivity index is 0.747. The molecule has 0 saturated heterocycles. The number of carbonyl (C=O) groups is 1. The van der Waals surface area contributed by atoms with E-state index >= 15 is 0 Å². The number of hydrogen-bond acceptors (Lipinski definition) is 15. The number of unbranched alkanes of at least 4 members (excludes halogenated alkanes) is 5. The Hall–Kier alpha value is -9.93. The van der Waals surface area contributed by atoms with Gasteiger partial charge in [0, 0.05) is 59.9 Å². The third-order valence-corrected chi connectivity index (χ3v) is 19.1. The van der Waals surface area contributed by atoms with Gasteiger partial charge in [0.2, 0.25) is 0 Å². The monoisotopic (exact) mass is 1330 g/mol. The zero-order valence-corrected chi connectivity index (χ0v) is 57.3. The van der Waals surface area contributed by atoms with Crippen LogP contribution in [0.4, 0.5) is 5.69 Å². The molecular formula is C78H82N3O13PS. The summed E-state index contributed by atoms with van der Waals surface area (Å²) in [5.74, 6) is 18.3. The number of hydrogen-bond donors (Lipinski definition) is 0. The molecule has 0 heterocycles. The first-order valence-corrected chi connectivity index (χ1v) is 35.0. The standard InChI is InChI=1S/C78H82N3O13PS/c1-8-10-45-78(46-11-9-2)73-51-60(19-17-58-21-29-64(85-5)30-22-58)27-43-71(73)72-44-28-61(52-74(72)78)20-18-59-23-33-66(34-24-59)89-49-16-50-90-68-37-41-70(42-38-68)94-95(96,80(4)79-55-62-25-31-65(86-6)32-26-62)93-69-39-35-67(36-40-69)88-47-14-12-13-15-48-91-77-54-75(81(83)84)63(53-76(77)87-7)56-92-57(3)82/h21-44,51-55H,8-16,45-50,56H2,1-7H3/b79-55+. The van der Waals surface area contributed by atoms with Crippen molar-refractivity contribution in [2.75, 3.05) is 54.8 Å². The maximum atomic E-state index is 11.7. The van der Waals surface area contributed by atoms with Gasteiger partial charge in [0.25, 0.3) is 5.69 Å². The molecule has 1 aliphatic rings. The molecule has 0 radical (unpaired) electrons. The van der Waals surface area contributed by atoms with E-state index < -0.39 is 17.5 Å². The van der Waals surface area contributed by atoms with Crippen LogP contribution in [-0.4, -0.2) is 76.7 Å². The van der Waals surface area contributed by atoms with Crippen LogP contribution < -0.4 is 42.2 Å². The highest BCUT2D eigenvalue weighted by molar-refractivity contribution is 8.09. The van der Waals surface area contributed by atoms with Crippen molar-refractivity contribution in [2.45, 2.75) is 103 Å². The number of fused-ring (bicyclic) bond motifs is 3. The summed E-state index contributed by atoms with van der Waals surface area (Å²) in [6.45, 7) is 3.88. The zero-order chi connectivity index (χ0) is 67.7. The summed E-state index contributed by atoms with van der Waals surface area (Å²) >= 11 is 6.19. The second kappa shape index (κ2) is 35.0. The van der Waals surface area contributed by atoms with E-state index in [-0.39, 0.29) is 29.0 Å². The highest BCUT2D eigenvalue weighted by Crippen LogP contribution is 2.55. The Morgan fingerprint density at radius 1 is 0.531 bits per heavy atom. The second-order valence-electron chi connectivity index (χ2n) is 23.0. The number of nitrogens with zero attached hydrogens (tertiary/aromatic N) is 3. The van der Waals surface area contributed by atoms with Crippen molar-refractivity contribution in [3.8, 4) is 86.6 Å². The molecule has 1 aliphatic carbocycles. The van der Waals surface area contributed by atoms with Crippen LogP contribution >= 0.6 is 6.64 Å². The van der Waals surface area contributed by atoms with Crippen LogP contribution in [0, 0.1) is 33.8 Å². The van der Waals surface area contributed by atoms with E-state index in [1.54, 1.807) is 51.7 Å². The van der Waals surface area contributed by atoms with Crippen LogP contribution in [0.1, 0.15) is 136 Å². The molecule has 8 aromatic carbocycles. The molecule has 0 fully saturated rings. The number of carbonyl (C=O) groups excluding carboxylic acids is 1. The Kier molecular flexibility index (Phi) is 25.7. The number of methoxy groups -OCH3 is 3. The molecule has 0 N–H and O–H groups in total. The molecule has 0 amide bonds. The molecule has 0 spiro atoms. The lowest BCUT2D eigenvalue weighted by Crippen LogP contribution is -2.25. The van der Waals surface area contributed by atoms with Gasteiger partial charge in [-0.15, -0.1) is 0 Å². The fraction of sp³-hybridized carbons (Fsp3) is 0.308. The van der Waals surface area contributed by atoms with Crippen molar-refractivity contribution < 1.29 is 56.7 Å². The SMILES string of the molecule is CCCCC1(CCCC)c2cc(C#Cc3ccc(OC)cc3)ccc2-c2ccc(C#Cc3ccc(OCCCOc4ccc(OP(=S)(Oc5ccc(OCCCCCCOc6cc([N+](=O)[O-])c(COC(C)=O)cc6OC)cc5)N(C)/N=C/c5ccc(OC)cc5)cc4)cc3)cc21. The van der Waals surface area contributed by atoms with E-state index in [2.05, 4.69) is 79.0 Å². The molecule has 1 unspecified atom stereocenters. The molecule has 8 aromatic rings. The minimum Gasteiger partial charge on any atom is -0.497 e. The van der Waals surface area contributed by atoms with Gasteiger partial charge < -0.3 is 46.9 Å². The number of ether oxygens (including phenoxy) is 8. The van der Waals surface area contributed by atoms with E-state index in [1.165, 1.54) is 53.2 Å². The smallest absolute Gasteiger partial charge is 0.410 e. The van der Waals surface area contributed by atoms with Gasteiger partial charge in [-0.25, -0.2) is 4.78 Å². The molecule has 0 aromatic heterocycles. The van der Waals surface area contributed by atoms with Crippen molar-refractivity contribution in [3.63, 3.8) is 0 Å². The van der Waals surface area contributed by atoms with Crippen LogP contribution in [0.2, 0.25) is 0 Å². The summed E-state index contributed by atoms with van der Waals surface area (Å²) in [6.07, 6.45) is 12.2. The van der Waals surface area contributed by atoms with Gasteiger partial charge in [-0.3, -0.25) is 14.9 Å². The number of rotatable bonds is 34. The predicted molar refractivity (Wildman–Crippen MR) is 380 cm³/mol. The minimum atomic E-state index is -3.36. The third kappa shape index (κ3) is 19.4. The summed E-state index contributed by atoms with van der Waals surface area (Å²) in [5.41, 5.74) is 9.96. The normalized spacial score (nSPS) is 12.3. The molecule has 0 bridgehead atoms. The molecular weight excluding hydrogens is 1250 g/mol. The molecule has 0 saturated carbocycles. The predicted octanol–water partition coefficient (Wildman–Crippen LogP) is 17.6. The van der Waals surface area contributed by atoms with Gasteiger partial charge >= 0.3 is 12.6 Å². The first-order valence-electron chi connectivity index (χ1n) is 32.4. The Morgan fingerprint density at radius 3 is 1.42 bits per heavy atom. The number of esters is 1. The summed E-state index contributed by atoms with van der Waals surface area (Å²) in [5, 5.41) is 16.4. The van der Waals surface area contributed by atoms with E-state index in [0.717, 1.165) is 103 Å². The van der Waals surface area contributed by atoms with Gasteiger partial charge in [-0.1, -0.05) is 75.3 Å². The van der Waals surface area contributed by atoms with Gasteiger partial charge in [0.15, 0.2) is 11.5 Å². The summed E-state index contributed by atoms with van der Waals surface area (Å²) in [6, 6.07) is 54.0. The van der Waals surface area contributed by atoms with E-state index in [0.29, 0.717) is 68.0 Å². The molecule has 498 valence electrons. The maximum Gasteiger partial charge on any atom is 0.410 e. The molecule has 0 aliphatic heterocycles. The maximum absolute atomic E-state index is 11.7. The van der Waals surface area contributed by atoms with E-state index in [9.17, 15) is 14.9 Å². The largest absolute Gasteiger partial charge is 0.497 e. The van der Waals surface area contributed by atoms with Crippen LogP contribution in [-0.2, 0) is 33.4 Å². The summed E-state index contributed by atoms with van der Waals surface area (Å²) in [4.78, 5) is 22.5. The number of nitro groups is 1. The Labute approximate surface area is 569 Å². The minimum absolute atomic E-state index is 0.105. The molecule has 9 rings (SSSR count). The van der Waals surface area contributed by atoms with Crippen molar-refractivity contribution >= 4 is 36.3 Å². The Bertz CT molecular complexity index is 4100. The lowest BCUT2D eigenvalue weighted by Gasteiger charge is -2.33. The van der Waals surface area contributed by atoms with E-state index in [1.807, 2.05) is 97.1 Å². The van der Waals surface area contributed by atoms with Crippen LogP contribution in [0.3, 0.4) is 0 Å². The number of benzene rings is 8. The van der Waals surface area contributed by atoms with Gasteiger partial charge in [-0.2, -0.15) is 5.10 Å². The lowest BCUT2D eigenvalue weighted by molar-refractivity contribution is -0.385. The first kappa shape index (κ1) is 70.4. The van der Waals surface area contributed by atoms with Gasteiger partial charge in [0.05, 0.1) is 70.5 Å². The summed E-state index contributed by atoms with van der Waals surface area (Å²) in [7, 11) is 6.46. The van der Waals surface area contributed by atoms with Gasteiger partial charge in [0.1, 0.15) is 46.9 Å². The zero-order valence-electron chi connectivity index (χ0n) is 55.6. The highest BCUT2D eigenvalue weighted by Gasteiger charge is 2.42. The fourth-order valence-corrected chi connectivity index (χ4v) is 12.9. The average Bonchev–Trinajstić information content (AvgIpc) is 1.57. The molecule has 18 heteroatoms. The second-order valence-corrected chi connectivity index (χ2v) is 26.3. The number of hydrazone groups is 1. The fourth-order valence-electron chi connectivity index (χ4n) is 11.1. The van der Waals surface area contributed by atoms with Crippen molar-refractivity contribution in [2.24, 2.45) is 5.10 Å². The van der Waals surface area contributed by atoms with Crippen LogP contribution in [0.5, 0.6) is 51.7 Å². The third-order valence-electron chi connectivity index (χ3n) is 16.2. The summed E-state index contributed by atoms with van der Waals surface area (Å²) < 4.78 is 59.8. The van der Waals surface area contributed by atoms with Gasteiger partial charge in [-0.05, 0) is 218 Å². The molecule has 96 heavy (non-hydrogen) atoms. The van der Waals surface area contributed by atoms with Crippen molar-refractivity contribution in [1.29, 1.82) is 0 Å². The average molecular weight is 1330 g/mol. The quantitative estimate of drug-likeness (QED) is 0.00710. The molecule has 1 atom stereocenters.